The molecule has 0 saturated heterocycles. The first kappa shape index (κ1) is 6.93. The number of rotatable bonds is 2. The Hall–Kier alpha value is -0.0651. The molecule has 40 valence electrons. The van der Waals surface area contributed by atoms with Crippen LogP contribution in [0, 0.1) is 0 Å². The summed E-state index contributed by atoms with van der Waals surface area (Å²) in [6.07, 6.45) is 2.53. The third-order valence-corrected chi connectivity index (χ3v) is 1.14. The third-order valence-electron chi connectivity index (χ3n) is 1.14. The Balaban J connectivity index is 3.17. The van der Waals surface area contributed by atoms with Crippen molar-refractivity contribution in [1.29, 1.82) is 0 Å². The van der Waals surface area contributed by atoms with Crippen LogP contribution >= 0.6 is 0 Å². The van der Waals surface area contributed by atoms with Gasteiger partial charge in [0.25, 0.3) is 0 Å². The molecule has 7 heavy (non-hydrogen) atoms. The van der Waals surface area contributed by atoms with Crippen LogP contribution in [-0.4, -0.2) is 12.4 Å². The summed E-state index contributed by atoms with van der Waals surface area (Å²) >= 11 is 0. The molecule has 0 radical (unpaired) electrons. The Kier molecular flexibility index (Phi) is 4.07. The van der Waals surface area contributed by atoms with Crippen LogP contribution in [0.25, 0.3) is 0 Å². The fraction of sp³-hybridized carbons (Fsp3) is 0.833. The van der Waals surface area contributed by atoms with Crippen LogP contribution in [0.2, 0.25) is 6.82 Å². The summed E-state index contributed by atoms with van der Waals surface area (Å²) in [7, 11) is 0. The molecule has 0 aromatic heterocycles. The first-order valence-corrected chi connectivity index (χ1v) is 2.93. The Labute approximate surface area is 46.8 Å². The predicted octanol–water partition coefficient (Wildman–Crippen LogP) is 1.73. The molecule has 0 aromatic carbocycles. The van der Waals surface area contributed by atoms with E-state index in [0.29, 0.717) is 0 Å². The summed E-state index contributed by atoms with van der Waals surface area (Å²) in [5.74, 6) is 0. The molecule has 0 aliphatic carbocycles. The summed E-state index contributed by atoms with van der Waals surface area (Å²) in [5, 5.41) is 0. The number of hydrogen-bond donors (Lipinski definition) is 0. The molecule has 0 aliphatic rings. The van der Waals surface area contributed by atoms with Crippen molar-refractivity contribution in [2.75, 3.05) is 0 Å². The first-order valence-electron chi connectivity index (χ1n) is 2.93. The van der Waals surface area contributed by atoms with E-state index in [9.17, 15) is 0 Å². The quantitative estimate of drug-likeness (QED) is 0.459. The molecular weight excluding hydrogens is 82.9 g/mol. The molecule has 0 N–H and O–H groups in total. The minimum absolute atomic E-state index is 1.26. The van der Waals surface area contributed by atoms with Crippen molar-refractivity contribution in [3.8, 4) is 0 Å². The Morgan fingerprint density at radius 1 is 1.57 bits per heavy atom. The van der Waals surface area contributed by atoms with E-state index in [1.165, 1.54) is 18.3 Å². The molecule has 1 heteroatoms. The van der Waals surface area contributed by atoms with Crippen molar-refractivity contribution in [3.05, 3.63) is 0 Å². The molecular formula is C6H13B. The predicted molar refractivity (Wildman–Crippen MR) is 37.2 cm³/mol. The monoisotopic (exact) mass is 96.1 g/mol. The maximum atomic E-state index is 2.20. The van der Waals surface area contributed by atoms with Gasteiger partial charge in [-0.3, -0.25) is 0 Å². The van der Waals surface area contributed by atoms with E-state index in [1.54, 1.807) is 0 Å². The van der Waals surface area contributed by atoms with Crippen LogP contribution in [0.5, 0.6) is 0 Å². The zero-order valence-corrected chi connectivity index (χ0v) is 5.49. The van der Waals surface area contributed by atoms with Crippen LogP contribution in [0.4, 0.5) is 0 Å². The van der Waals surface area contributed by atoms with Crippen LogP contribution in [0.15, 0.2) is 0 Å². The van der Waals surface area contributed by atoms with E-state index >= 15 is 0 Å². The third kappa shape index (κ3) is 3.77. The van der Waals surface area contributed by atoms with E-state index in [2.05, 4.69) is 27.6 Å². The Morgan fingerprint density at radius 3 is 2.29 bits per heavy atom. The van der Waals surface area contributed by atoms with Crippen LogP contribution < -0.4 is 0 Å². The molecule has 0 aromatic rings. The van der Waals surface area contributed by atoms with Crippen LogP contribution in [-0.2, 0) is 0 Å². The topological polar surface area (TPSA) is 0 Å². The van der Waals surface area contributed by atoms with Gasteiger partial charge in [-0.25, -0.2) is 0 Å². The standard InChI is InChI=1S/C6H13B/c1-4-5-6(2)7-3/h4-5H2,1-3H3. The van der Waals surface area contributed by atoms with Crippen LogP contribution in [0.1, 0.15) is 26.7 Å². The second-order valence-corrected chi connectivity index (χ2v) is 1.89. The fourth-order valence-corrected chi connectivity index (χ4v) is 0.539. The van der Waals surface area contributed by atoms with Gasteiger partial charge < -0.3 is 0 Å². The van der Waals surface area contributed by atoms with Crippen molar-refractivity contribution in [3.63, 3.8) is 0 Å². The summed E-state index contributed by atoms with van der Waals surface area (Å²) in [4.78, 5) is 0. The van der Waals surface area contributed by atoms with Crippen molar-refractivity contribution < 1.29 is 0 Å². The molecule has 0 rings (SSSR count). The molecule has 0 saturated carbocycles. The molecule has 0 amide bonds. The Morgan fingerprint density at radius 2 is 2.14 bits per heavy atom. The molecule has 0 unspecified atom stereocenters. The van der Waals surface area contributed by atoms with Gasteiger partial charge in [0.2, 0.25) is 0 Å². The second-order valence-electron chi connectivity index (χ2n) is 1.89. The van der Waals surface area contributed by atoms with E-state index in [-0.39, 0.29) is 0 Å². The van der Waals surface area contributed by atoms with E-state index in [4.69, 9.17) is 0 Å². The molecule has 0 aliphatic heterocycles. The minimum atomic E-state index is 1.26. The molecule has 0 bridgehead atoms. The van der Waals surface area contributed by atoms with Gasteiger partial charge in [0.15, 0.2) is 0 Å². The van der Waals surface area contributed by atoms with Crippen LogP contribution in [0.3, 0.4) is 0 Å². The van der Waals surface area contributed by atoms with Gasteiger partial charge >= 0.3 is 45.9 Å². The van der Waals surface area contributed by atoms with Crippen molar-refractivity contribution >= 4 is 12.4 Å². The Bertz CT molecular complexity index is 64.6. The summed E-state index contributed by atoms with van der Waals surface area (Å²) in [6, 6.07) is 0. The van der Waals surface area contributed by atoms with Gasteiger partial charge in [-0.05, 0) is 0 Å². The van der Waals surface area contributed by atoms with Gasteiger partial charge in [0.1, 0.15) is 0 Å². The molecule has 0 nitrogen and oxygen atoms in total. The number of hydrogen-bond acceptors (Lipinski definition) is 0. The van der Waals surface area contributed by atoms with Gasteiger partial charge in [0, 0.05) is 0 Å². The van der Waals surface area contributed by atoms with Gasteiger partial charge in [-0.1, -0.05) is 0 Å². The molecule has 0 spiro atoms. The zero-order valence-electron chi connectivity index (χ0n) is 5.49. The summed E-state index contributed by atoms with van der Waals surface area (Å²) in [5.41, 5.74) is 1.50. The average molecular weight is 96.0 g/mol. The SMILES string of the molecule is CB=C(C)CCC. The van der Waals surface area contributed by atoms with Gasteiger partial charge in [0.05, 0.1) is 0 Å². The van der Waals surface area contributed by atoms with Gasteiger partial charge in [-0.15, -0.1) is 0 Å². The normalized spacial score (nSPS) is 11.0. The summed E-state index contributed by atoms with van der Waals surface area (Å²) < 4.78 is 0. The average Bonchev–Trinajstić information content (AvgIpc) is 1.68. The fourth-order valence-electron chi connectivity index (χ4n) is 0.539. The van der Waals surface area contributed by atoms with E-state index in [1.807, 2.05) is 0 Å². The first-order chi connectivity index (χ1) is 3.31. The van der Waals surface area contributed by atoms with Crippen molar-refractivity contribution in [1.82, 2.24) is 0 Å². The second kappa shape index (κ2) is 4.10. The van der Waals surface area contributed by atoms with E-state index in [0.717, 1.165) is 0 Å². The summed E-state index contributed by atoms with van der Waals surface area (Å²) in [6.45, 7) is 8.63. The van der Waals surface area contributed by atoms with Gasteiger partial charge in [-0.2, -0.15) is 0 Å². The zero-order chi connectivity index (χ0) is 5.70. The van der Waals surface area contributed by atoms with Crippen molar-refractivity contribution in [2.45, 2.75) is 33.5 Å². The molecule has 0 heterocycles. The maximum absolute atomic E-state index is 2.20. The van der Waals surface area contributed by atoms with E-state index < -0.39 is 0 Å². The molecule has 0 atom stereocenters. The molecule has 0 fully saturated rings. The van der Waals surface area contributed by atoms with Crippen molar-refractivity contribution in [2.24, 2.45) is 0 Å².